The Hall–Kier alpha value is -0.690. The Bertz CT molecular complexity index is 603. The number of para-hydroxylation sites is 2. The van der Waals surface area contributed by atoms with Crippen LogP contribution in [0.1, 0.15) is 15.9 Å². The summed E-state index contributed by atoms with van der Waals surface area (Å²) in [7, 11) is 2.79. The zero-order valence-electron chi connectivity index (χ0n) is 11.1. The fourth-order valence-electron chi connectivity index (χ4n) is 1.89. The summed E-state index contributed by atoms with van der Waals surface area (Å²) in [5.74, 6) is -0.654. The molecule has 0 saturated heterocycles. The Morgan fingerprint density at radius 2 is 1.18 bits per heavy atom. The fourth-order valence-corrected chi connectivity index (χ4v) is 1.89. The Labute approximate surface area is 172 Å². The maximum absolute atomic E-state index is 12.4. The monoisotopic (exact) mass is 322 g/mol. The van der Waals surface area contributed by atoms with Crippen LogP contribution in [0.2, 0.25) is 0 Å². The summed E-state index contributed by atoms with van der Waals surface area (Å²) in [6, 6.07) is 9.17. The zero-order chi connectivity index (χ0) is 14.7. The van der Waals surface area contributed by atoms with Gasteiger partial charge in [0.25, 0.3) is 0 Å². The van der Waals surface area contributed by atoms with Crippen molar-refractivity contribution < 1.29 is 24.5 Å². The third kappa shape index (κ3) is 4.19. The molecule has 0 aromatic heterocycles. The minimum atomic E-state index is -0.516. The number of carbonyl (C=O) groups excluding carboxylic acids is 1. The summed E-state index contributed by atoms with van der Waals surface area (Å²) < 4.78 is 9.91. The zero-order valence-corrected chi connectivity index (χ0v) is 11.1. The van der Waals surface area contributed by atoms with E-state index in [9.17, 15) is 15.0 Å². The van der Waals surface area contributed by atoms with Gasteiger partial charge < -0.3 is 19.7 Å². The Morgan fingerprint density at radius 1 is 0.818 bits per heavy atom. The molecule has 22 heavy (non-hydrogen) atoms. The molecule has 2 aromatic rings. The molecule has 0 spiro atoms. The third-order valence-corrected chi connectivity index (χ3v) is 2.93. The molecule has 0 aliphatic rings. The number of aromatic hydroxyl groups is 2. The van der Waals surface area contributed by atoms with E-state index in [4.69, 9.17) is 9.47 Å². The topological polar surface area (TPSA) is 76.0 Å². The molecule has 0 heterocycles. The first kappa shape index (κ1) is 21.3. The van der Waals surface area contributed by atoms with Crippen molar-refractivity contribution in [3.8, 4) is 23.0 Å². The van der Waals surface area contributed by atoms with Crippen molar-refractivity contribution in [1.29, 1.82) is 0 Å². The fraction of sp³-hybridized carbons (Fsp3) is 0.133. The second kappa shape index (κ2) is 9.45. The summed E-state index contributed by atoms with van der Waals surface area (Å²) in [6.45, 7) is 0. The number of carbonyl (C=O) groups is 1. The van der Waals surface area contributed by atoms with E-state index >= 15 is 0 Å². The number of phenolic OH excluding ortho intramolecular Hbond substituents is 2. The molecule has 0 fully saturated rings. The third-order valence-electron chi connectivity index (χ3n) is 2.93. The molecule has 0 aliphatic heterocycles. The average Bonchev–Trinajstić information content (AvgIpc) is 2.47. The number of phenols is 2. The molecule has 0 radical (unpaired) electrons. The van der Waals surface area contributed by atoms with Gasteiger partial charge in [-0.3, -0.25) is 4.79 Å². The van der Waals surface area contributed by atoms with Crippen LogP contribution in [0.5, 0.6) is 23.0 Å². The number of benzene rings is 2. The van der Waals surface area contributed by atoms with Crippen molar-refractivity contribution in [3.05, 3.63) is 47.5 Å². The molecular weight excluding hydrogens is 306 g/mol. The second-order valence-corrected chi connectivity index (χ2v) is 4.04. The van der Waals surface area contributed by atoms with Crippen LogP contribution in [-0.2, 0) is 0 Å². The molecule has 0 atom stereocenters. The Morgan fingerprint density at radius 3 is 1.50 bits per heavy atom. The first-order valence-electron chi connectivity index (χ1n) is 5.86. The van der Waals surface area contributed by atoms with Crippen LogP contribution in [0, 0.1) is 0 Å². The molecule has 0 aliphatic carbocycles. The van der Waals surface area contributed by atoms with Gasteiger partial charge in [0.2, 0.25) is 5.78 Å². The predicted octanol–water partition coefficient (Wildman–Crippen LogP) is 1.05. The SMILES string of the molecule is COc1cccc(C(=O)c2cccc(OC)c2O)c1O.[NaH].[NaH]. The van der Waals surface area contributed by atoms with Gasteiger partial charge in [-0.05, 0) is 24.3 Å². The standard InChI is InChI=1S/C15H14O5.2Na.2H/c1-19-11-7-3-5-9(14(11)17)13(16)10-6-4-8-12(20-2)15(10)18;;;;/h3-8,17-18H,1-2H3;;;;. The maximum atomic E-state index is 12.4. The number of ketones is 1. The van der Waals surface area contributed by atoms with Crippen LogP contribution in [0.25, 0.3) is 0 Å². The van der Waals surface area contributed by atoms with E-state index < -0.39 is 5.78 Å². The average molecular weight is 322 g/mol. The molecule has 2 N–H and O–H groups in total. The molecule has 0 amide bonds. The molecule has 0 unspecified atom stereocenters. The number of methoxy groups -OCH3 is 2. The van der Waals surface area contributed by atoms with E-state index in [0.29, 0.717) is 0 Å². The molecule has 2 aromatic carbocycles. The number of hydrogen-bond acceptors (Lipinski definition) is 5. The minimum absolute atomic E-state index is 0. The van der Waals surface area contributed by atoms with E-state index in [2.05, 4.69) is 0 Å². The van der Waals surface area contributed by atoms with E-state index in [1.807, 2.05) is 0 Å². The van der Waals surface area contributed by atoms with Gasteiger partial charge in [0.05, 0.1) is 25.3 Å². The molecular formula is C15H16Na2O5. The molecule has 0 saturated carbocycles. The van der Waals surface area contributed by atoms with Gasteiger partial charge in [-0.2, -0.15) is 0 Å². The van der Waals surface area contributed by atoms with Crippen LogP contribution in [0.3, 0.4) is 0 Å². The van der Waals surface area contributed by atoms with Gasteiger partial charge in [-0.15, -0.1) is 0 Å². The molecule has 108 valence electrons. The van der Waals surface area contributed by atoms with Crippen molar-refractivity contribution >= 4 is 64.9 Å². The Kier molecular flexibility index (Phi) is 9.15. The van der Waals surface area contributed by atoms with Crippen LogP contribution in [-0.4, -0.2) is 89.3 Å². The normalized spacial score (nSPS) is 9.18. The van der Waals surface area contributed by atoms with Crippen LogP contribution < -0.4 is 9.47 Å². The molecule has 2 rings (SSSR count). The van der Waals surface area contributed by atoms with E-state index in [1.165, 1.54) is 38.5 Å². The van der Waals surface area contributed by atoms with Crippen LogP contribution in [0.15, 0.2) is 36.4 Å². The number of rotatable bonds is 4. The molecule has 0 bridgehead atoms. The summed E-state index contributed by atoms with van der Waals surface area (Å²) in [5.41, 5.74) is 0.0980. The first-order valence-corrected chi connectivity index (χ1v) is 5.86. The van der Waals surface area contributed by atoms with Crippen molar-refractivity contribution in [1.82, 2.24) is 0 Å². The first-order chi connectivity index (χ1) is 9.60. The van der Waals surface area contributed by atoms with Crippen molar-refractivity contribution in [3.63, 3.8) is 0 Å². The van der Waals surface area contributed by atoms with Crippen LogP contribution >= 0.6 is 0 Å². The molecule has 5 nitrogen and oxygen atoms in total. The van der Waals surface area contributed by atoms with Crippen LogP contribution in [0.4, 0.5) is 0 Å². The quantitative estimate of drug-likeness (QED) is 0.650. The summed E-state index contributed by atoms with van der Waals surface area (Å²) in [5, 5.41) is 20.0. The van der Waals surface area contributed by atoms with E-state index in [0.717, 1.165) is 0 Å². The van der Waals surface area contributed by atoms with Gasteiger partial charge in [-0.1, -0.05) is 12.1 Å². The second-order valence-electron chi connectivity index (χ2n) is 4.04. The number of ether oxygens (including phenoxy) is 2. The van der Waals surface area contributed by atoms with E-state index in [-0.39, 0.29) is 93.2 Å². The van der Waals surface area contributed by atoms with Gasteiger partial charge >= 0.3 is 59.1 Å². The van der Waals surface area contributed by atoms with Gasteiger partial charge in [-0.25, -0.2) is 0 Å². The molecule has 7 heteroatoms. The summed E-state index contributed by atoms with van der Waals surface area (Å²) in [6.07, 6.45) is 0. The number of hydrogen-bond donors (Lipinski definition) is 2. The Balaban J connectivity index is 0.00000220. The van der Waals surface area contributed by atoms with Gasteiger partial charge in [0.1, 0.15) is 0 Å². The van der Waals surface area contributed by atoms with Crippen molar-refractivity contribution in [2.45, 2.75) is 0 Å². The van der Waals surface area contributed by atoms with Crippen molar-refractivity contribution in [2.75, 3.05) is 14.2 Å². The summed E-state index contributed by atoms with van der Waals surface area (Å²) in [4.78, 5) is 12.4. The summed E-state index contributed by atoms with van der Waals surface area (Å²) >= 11 is 0. The van der Waals surface area contributed by atoms with E-state index in [1.54, 1.807) is 12.1 Å². The van der Waals surface area contributed by atoms with Crippen molar-refractivity contribution in [2.24, 2.45) is 0 Å². The predicted molar refractivity (Wildman–Crippen MR) is 87.0 cm³/mol. The van der Waals surface area contributed by atoms with Gasteiger partial charge in [0, 0.05) is 0 Å². The van der Waals surface area contributed by atoms with Gasteiger partial charge in [0.15, 0.2) is 23.0 Å².